The van der Waals surface area contributed by atoms with Crippen molar-refractivity contribution in [3.8, 4) is 0 Å². The van der Waals surface area contributed by atoms with E-state index in [4.69, 9.17) is 4.74 Å². The van der Waals surface area contributed by atoms with Crippen molar-refractivity contribution in [1.82, 2.24) is 10.2 Å². The molecule has 0 radical (unpaired) electrons. The summed E-state index contributed by atoms with van der Waals surface area (Å²) in [7, 11) is 0. The maximum absolute atomic E-state index is 11.9. The highest BCUT2D eigenvalue weighted by Gasteiger charge is 2.33. The Kier molecular flexibility index (Phi) is 3.82. The largest absolute Gasteiger partial charge is 0.376 e. The molecule has 0 aromatic carbocycles. The highest BCUT2D eigenvalue weighted by atomic mass is 16.5. The van der Waals surface area contributed by atoms with Gasteiger partial charge in [-0.2, -0.15) is 0 Å². The summed E-state index contributed by atoms with van der Waals surface area (Å²) in [6.45, 7) is 8.48. The lowest BCUT2D eigenvalue weighted by Gasteiger charge is -2.30. The van der Waals surface area contributed by atoms with Gasteiger partial charge in [0.15, 0.2) is 0 Å². The van der Waals surface area contributed by atoms with E-state index in [1.165, 1.54) is 0 Å². The molecule has 0 aliphatic carbocycles. The third kappa shape index (κ3) is 2.74. The van der Waals surface area contributed by atoms with Gasteiger partial charge in [-0.15, -0.1) is 0 Å². The van der Waals surface area contributed by atoms with Crippen LogP contribution in [0.3, 0.4) is 0 Å². The Morgan fingerprint density at radius 1 is 1.50 bits per heavy atom. The second-order valence-corrected chi connectivity index (χ2v) is 5.28. The van der Waals surface area contributed by atoms with E-state index in [0.717, 1.165) is 39.2 Å². The summed E-state index contributed by atoms with van der Waals surface area (Å²) < 4.78 is 5.77. The summed E-state index contributed by atoms with van der Waals surface area (Å²) in [6.07, 6.45) is 1.26. The molecule has 0 bridgehead atoms. The molecular formula is C12H22N2O2. The molecule has 2 aliphatic heterocycles. The fourth-order valence-corrected chi connectivity index (χ4v) is 2.11. The van der Waals surface area contributed by atoms with Crippen molar-refractivity contribution in [2.24, 2.45) is 11.8 Å². The highest BCUT2D eigenvalue weighted by Crippen LogP contribution is 2.17. The lowest BCUT2D eigenvalue weighted by molar-refractivity contribution is -0.136. The van der Waals surface area contributed by atoms with Gasteiger partial charge in [0.25, 0.3) is 0 Å². The molecule has 2 rings (SSSR count). The third-order valence-corrected chi connectivity index (χ3v) is 3.25. The quantitative estimate of drug-likeness (QED) is 0.758. The zero-order chi connectivity index (χ0) is 11.5. The Labute approximate surface area is 97.3 Å². The number of nitrogens with zero attached hydrogens (tertiary/aromatic N) is 1. The molecule has 1 N–H and O–H groups in total. The molecule has 2 aliphatic rings. The number of carbonyl (C=O) groups is 1. The summed E-state index contributed by atoms with van der Waals surface area (Å²) in [5.74, 6) is 1.11. The molecule has 2 heterocycles. The van der Waals surface area contributed by atoms with Gasteiger partial charge in [0.1, 0.15) is 0 Å². The Morgan fingerprint density at radius 3 is 2.81 bits per heavy atom. The van der Waals surface area contributed by atoms with Gasteiger partial charge in [-0.25, -0.2) is 0 Å². The van der Waals surface area contributed by atoms with Crippen LogP contribution < -0.4 is 5.32 Å². The molecule has 0 aromatic heterocycles. The first-order valence-electron chi connectivity index (χ1n) is 6.28. The zero-order valence-electron chi connectivity index (χ0n) is 10.2. The van der Waals surface area contributed by atoms with Crippen LogP contribution in [0, 0.1) is 11.8 Å². The van der Waals surface area contributed by atoms with Crippen molar-refractivity contribution < 1.29 is 9.53 Å². The fourth-order valence-electron chi connectivity index (χ4n) is 2.11. The molecule has 92 valence electrons. The van der Waals surface area contributed by atoms with Gasteiger partial charge >= 0.3 is 0 Å². The van der Waals surface area contributed by atoms with E-state index < -0.39 is 0 Å². The maximum atomic E-state index is 11.9. The van der Waals surface area contributed by atoms with Crippen molar-refractivity contribution in [3.63, 3.8) is 0 Å². The summed E-state index contributed by atoms with van der Waals surface area (Å²) in [5, 5.41) is 3.14. The van der Waals surface area contributed by atoms with E-state index in [9.17, 15) is 4.79 Å². The van der Waals surface area contributed by atoms with Crippen LogP contribution in [0.15, 0.2) is 0 Å². The van der Waals surface area contributed by atoms with E-state index in [2.05, 4.69) is 19.2 Å². The van der Waals surface area contributed by atoms with E-state index in [-0.39, 0.29) is 12.0 Å². The predicted molar refractivity (Wildman–Crippen MR) is 62.1 cm³/mol. The van der Waals surface area contributed by atoms with Crippen molar-refractivity contribution >= 4 is 5.91 Å². The van der Waals surface area contributed by atoms with Crippen LogP contribution >= 0.6 is 0 Å². The van der Waals surface area contributed by atoms with Crippen LogP contribution in [0.2, 0.25) is 0 Å². The topological polar surface area (TPSA) is 41.6 Å². The number of likely N-dealkylation sites (tertiary alicyclic amines) is 1. The smallest absolute Gasteiger partial charge is 0.228 e. The second kappa shape index (κ2) is 5.15. The van der Waals surface area contributed by atoms with Gasteiger partial charge in [-0.05, 0) is 12.3 Å². The molecule has 1 amide bonds. The Hall–Kier alpha value is -0.610. The SMILES string of the molecule is CC(C)COC1CCN(C(=O)C2CNC2)C1. The number of nitrogens with one attached hydrogen (secondary N) is 1. The molecule has 16 heavy (non-hydrogen) atoms. The number of rotatable bonds is 4. The minimum atomic E-state index is 0.226. The van der Waals surface area contributed by atoms with Crippen molar-refractivity contribution in [1.29, 1.82) is 0 Å². The van der Waals surface area contributed by atoms with Gasteiger partial charge in [0.05, 0.1) is 12.0 Å². The fraction of sp³-hybridized carbons (Fsp3) is 0.917. The van der Waals surface area contributed by atoms with Gasteiger partial charge in [0.2, 0.25) is 5.91 Å². The molecule has 2 fully saturated rings. The lowest BCUT2D eigenvalue weighted by Crippen LogP contribution is -2.51. The third-order valence-electron chi connectivity index (χ3n) is 3.25. The summed E-state index contributed by atoms with van der Waals surface area (Å²) >= 11 is 0. The average Bonchev–Trinajstić information content (AvgIpc) is 2.60. The Balaban J connectivity index is 1.72. The monoisotopic (exact) mass is 226 g/mol. The number of hydrogen-bond acceptors (Lipinski definition) is 3. The van der Waals surface area contributed by atoms with Gasteiger partial charge in [-0.3, -0.25) is 4.79 Å². The average molecular weight is 226 g/mol. The maximum Gasteiger partial charge on any atom is 0.228 e. The van der Waals surface area contributed by atoms with Crippen LogP contribution in [-0.4, -0.2) is 49.7 Å². The number of ether oxygens (including phenoxy) is 1. The first-order valence-corrected chi connectivity index (χ1v) is 6.28. The van der Waals surface area contributed by atoms with Crippen LogP contribution in [0.1, 0.15) is 20.3 Å². The van der Waals surface area contributed by atoms with Gasteiger partial charge in [-0.1, -0.05) is 13.8 Å². The normalized spacial score (nSPS) is 26.2. The molecule has 1 atom stereocenters. The Bertz CT molecular complexity index is 251. The highest BCUT2D eigenvalue weighted by molar-refractivity contribution is 5.80. The second-order valence-electron chi connectivity index (χ2n) is 5.28. The van der Waals surface area contributed by atoms with E-state index >= 15 is 0 Å². The standard InChI is InChI=1S/C12H22N2O2/c1-9(2)8-16-11-3-4-14(7-11)12(15)10-5-13-6-10/h9-11,13H,3-8H2,1-2H3. The number of amides is 1. The van der Waals surface area contributed by atoms with Crippen molar-refractivity contribution in [2.45, 2.75) is 26.4 Å². The lowest BCUT2D eigenvalue weighted by atomic mass is 10.0. The summed E-state index contributed by atoms with van der Waals surface area (Å²) in [4.78, 5) is 13.9. The molecule has 4 nitrogen and oxygen atoms in total. The molecule has 0 spiro atoms. The molecule has 4 heteroatoms. The molecule has 2 saturated heterocycles. The number of hydrogen-bond donors (Lipinski definition) is 1. The minimum Gasteiger partial charge on any atom is -0.376 e. The van der Waals surface area contributed by atoms with Gasteiger partial charge in [0, 0.05) is 32.8 Å². The minimum absolute atomic E-state index is 0.226. The van der Waals surface area contributed by atoms with Crippen LogP contribution in [-0.2, 0) is 9.53 Å². The van der Waals surface area contributed by atoms with Crippen LogP contribution in [0.5, 0.6) is 0 Å². The van der Waals surface area contributed by atoms with Crippen molar-refractivity contribution in [2.75, 3.05) is 32.8 Å². The molecular weight excluding hydrogens is 204 g/mol. The molecule has 0 saturated carbocycles. The first kappa shape index (κ1) is 11.9. The van der Waals surface area contributed by atoms with E-state index in [1.54, 1.807) is 0 Å². The summed E-state index contributed by atoms with van der Waals surface area (Å²) in [5.41, 5.74) is 0. The van der Waals surface area contributed by atoms with E-state index in [0.29, 0.717) is 11.8 Å². The van der Waals surface area contributed by atoms with Gasteiger partial charge < -0.3 is 15.0 Å². The molecule has 1 unspecified atom stereocenters. The van der Waals surface area contributed by atoms with Crippen molar-refractivity contribution in [3.05, 3.63) is 0 Å². The number of carbonyl (C=O) groups excluding carboxylic acids is 1. The van der Waals surface area contributed by atoms with Crippen LogP contribution in [0.25, 0.3) is 0 Å². The first-order chi connectivity index (χ1) is 7.66. The zero-order valence-corrected chi connectivity index (χ0v) is 10.2. The van der Waals surface area contributed by atoms with Crippen LogP contribution in [0.4, 0.5) is 0 Å². The summed E-state index contributed by atoms with van der Waals surface area (Å²) in [6, 6.07) is 0. The Morgan fingerprint density at radius 2 is 2.25 bits per heavy atom. The van der Waals surface area contributed by atoms with E-state index in [1.807, 2.05) is 4.90 Å². The predicted octanol–water partition coefficient (Wildman–Crippen LogP) is 0.479. The molecule has 0 aromatic rings.